The molecule has 0 spiro atoms. The van der Waals surface area contributed by atoms with Crippen LogP contribution in [0.15, 0.2) is 64.5 Å². The third-order valence-electron chi connectivity index (χ3n) is 5.08. The Bertz CT molecular complexity index is 1240. The Labute approximate surface area is 185 Å². The quantitative estimate of drug-likeness (QED) is 0.339. The second-order valence-corrected chi connectivity index (χ2v) is 9.26. The molecule has 0 atom stereocenters. The fourth-order valence-electron chi connectivity index (χ4n) is 3.20. The summed E-state index contributed by atoms with van der Waals surface area (Å²) >= 11 is 1.40. The number of rotatable bonds is 6. The number of benzene rings is 2. The third kappa shape index (κ3) is 4.82. The Balaban J connectivity index is 1.59. The van der Waals surface area contributed by atoms with Crippen molar-refractivity contribution in [2.24, 2.45) is 0 Å². The SMILES string of the molecule is CCc1ccc(OCSc2nc(-c3ccc(C(C)(C)C)cc3)nc3cc(=O)[nH]n23)cc1. The second-order valence-electron chi connectivity index (χ2n) is 8.38. The van der Waals surface area contributed by atoms with Gasteiger partial charge in [0.05, 0.1) is 0 Å². The molecule has 0 aliphatic carbocycles. The predicted octanol–water partition coefficient (Wildman–Crippen LogP) is 5.07. The van der Waals surface area contributed by atoms with Gasteiger partial charge in [-0.1, -0.05) is 64.1 Å². The molecule has 160 valence electrons. The lowest BCUT2D eigenvalue weighted by Crippen LogP contribution is -2.10. The lowest BCUT2D eigenvalue weighted by Gasteiger charge is -2.19. The minimum absolute atomic E-state index is 0.0744. The maximum atomic E-state index is 11.9. The van der Waals surface area contributed by atoms with E-state index in [0.717, 1.165) is 17.7 Å². The molecule has 2 aromatic heterocycles. The average Bonchev–Trinajstić information content (AvgIpc) is 3.14. The first-order chi connectivity index (χ1) is 14.8. The van der Waals surface area contributed by atoms with E-state index in [-0.39, 0.29) is 11.0 Å². The molecular weight excluding hydrogens is 408 g/mol. The van der Waals surface area contributed by atoms with Crippen molar-refractivity contribution in [3.8, 4) is 17.1 Å². The normalized spacial score (nSPS) is 11.7. The molecule has 4 aromatic rings. The first kappa shape index (κ1) is 21.2. The molecule has 6 nitrogen and oxygen atoms in total. The Morgan fingerprint density at radius 1 is 1.03 bits per heavy atom. The van der Waals surface area contributed by atoms with Crippen LogP contribution in [-0.2, 0) is 11.8 Å². The van der Waals surface area contributed by atoms with E-state index >= 15 is 0 Å². The maximum Gasteiger partial charge on any atom is 0.266 e. The van der Waals surface area contributed by atoms with Gasteiger partial charge in [-0.2, -0.15) is 0 Å². The van der Waals surface area contributed by atoms with Crippen LogP contribution in [0.1, 0.15) is 38.8 Å². The first-order valence-corrected chi connectivity index (χ1v) is 11.3. The number of nitrogens with zero attached hydrogens (tertiary/aromatic N) is 3. The van der Waals surface area contributed by atoms with E-state index in [1.54, 1.807) is 4.52 Å². The van der Waals surface area contributed by atoms with E-state index in [9.17, 15) is 4.79 Å². The number of H-pyrrole nitrogens is 1. The van der Waals surface area contributed by atoms with Crippen molar-refractivity contribution < 1.29 is 4.74 Å². The summed E-state index contributed by atoms with van der Waals surface area (Å²) in [5.74, 6) is 1.74. The molecule has 2 heterocycles. The largest absolute Gasteiger partial charge is 0.483 e. The summed E-state index contributed by atoms with van der Waals surface area (Å²) in [5.41, 5.74) is 3.81. The zero-order chi connectivity index (χ0) is 22.0. The van der Waals surface area contributed by atoms with E-state index < -0.39 is 0 Å². The van der Waals surface area contributed by atoms with Gasteiger partial charge in [0, 0.05) is 11.6 Å². The number of aromatic amines is 1. The molecule has 0 radical (unpaired) electrons. The zero-order valence-electron chi connectivity index (χ0n) is 18.2. The van der Waals surface area contributed by atoms with Gasteiger partial charge in [0.1, 0.15) is 11.7 Å². The smallest absolute Gasteiger partial charge is 0.266 e. The van der Waals surface area contributed by atoms with E-state index in [0.29, 0.717) is 22.6 Å². The van der Waals surface area contributed by atoms with Crippen LogP contribution >= 0.6 is 11.8 Å². The molecule has 2 aromatic carbocycles. The number of aryl methyl sites for hydroxylation is 1. The monoisotopic (exact) mass is 434 g/mol. The van der Waals surface area contributed by atoms with E-state index in [4.69, 9.17) is 9.72 Å². The van der Waals surface area contributed by atoms with Gasteiger partial charge in [-0.3, -0.25) is 9.89 Å². The minimum atomic E-state index is -0.215. The van der Waals surface area contributed by atoms with E-state index in [1.165, 1.54) is 29.0 Å². The number of thioether (sulfide) groups is 1. The van der Waals surface area contributed by atoms with E-state index in [2.05, 4.69) is 62.0 Å². The average molecular weight is 435 g/mol. The molecule has 0 amide bonds. The highest BCUT2D eigenvalue weighted by Gasteiger charge is 2.15. The molecule has 1 N–H and O–H groups in total. The van der Waals surface area contributed by atoms with Crippen LogP contribution in [0.2, 0.25) is 0 Å². The molecule has 7 heteroatoms. The second kappa shape index (κ2) is 8.59. The predicted molar refractivity (Wildman–Crippen MR) is 125 cm³/mol. The topological polar surface area (TPSA) is 72.3 Å². The van der Waals surface area contributed by atoms with Gasteiger partial charge in [-0.15, -0.1) is 0 Å². The molecule has 0 saturated carbocycles. The summed E-state index contributed by atoms with van der Waals surface area (Å²) < 4.78 is 7.46. The molecule has 0 fully saturated rings. The summed E-state index contributed by atoms with van der Waals surface area (Å²) in [7, 11) is 0. The third-order valence-corrected chi connectivity index (χ3v) is 5.85. The lowest BCUT2D eigenvalue weighted by atomic mass is 9.87. The molecule has 4 rings (SSSR count). The Morgan fingerprint density at radius 3 is 2.39 bits per heavy atom. The van der Waals surface area contributed by atoms with Crippen LogP contribution in [0.25, 0.3) is 17.0 Å². The van der Waals surface area contributed by atoms with Crippen LogP contribution in [0.5, 0.6) is 5.75 Å². The molecule has 0 unspecified atom stereocenters. The summed E-state index contributed by atoms with van der Waals surface area (Å²) in [6, 6.07) is 17.8. The molecule has 0 aliphatic rings. The number of hydrogen-bond acceptors (Lipinski definition) is 5. The van der Waals surface area contributed by atoms with Gasteiger partial charge in [0.15, 0.2) is 16.6 Å². The Kier molecular flexibility index (Phi) is 5.87. The standard InChI is InChI=1S/C24H26N4O2S/c1-5-16-6-12-19(13-7-16)30-15-31-23-26-22(25-20-14-21(29)27-28(20)23)17-8-10-18(11-9-17)24(2,3)4/h6-14H,5,15H2,1-4H3,(H,27,29). The van der Waals surface area contributed by atoms with Gasteiger partial charge >= 0.3 is 0 Å². The highest BCUT2D eigenvalue weighted by molar-refractivity contribution is 7.99. The Hall–Kier alpha value is -3.06. The fourth-order valence-corrected chi connectivity index (χ4v) is 3.92. The van der Waals surface area contributed by atoms with Crippen molar-refractivity contribution in [1.29, 1.82) is 0 Å². The maximum absolute atomic E-state index is 11.9. The van der Waals surface area contributed by atoms with E-state index in [1.807, 2.05) is 24.3 Å². The molecule has 31 heavy (non-hydrogen) atoms. The van der Waals surface area contributed by atoms with Crippen LogP contribution in [0.3, 0.4) is 0 Å². The lowest BCUT2D eigenvalue weighted by molar-refractivity contribution is 0.392. The van der Waals surface area contributed by atoms with Crippen LogP contribution < -0.4 is 10.3 Å². The zero-order valence-corrected chi connectivity index (χ0v) is 19.0. The number of aromatic nitrogens is 4. The Morgan fingerprint density at radius 2 is 1.74 bits per heavy atom. The summed E-state index contributed by atoms with van der Waals surface area (Å²) in [5, 5.41) is 3.38. The van der Waals surface area contributed by atoms with Gasteiger partial charge in [0.25, 0.3) is 5.56 Å². The van der Waals surface area contributed by atoms with Crippen LogP contribution in [0.4, 0.5) is 0 Å². The number of fused-ring (bicyclic) bond motifs is 1. The number of hydrogen-bond donors (Lipinski definition) is 1. The van der Waals surface area contributed by atoms with Crippen molar-refractivity contribution in [2.75, 3.05) is 5.94 Å². The fraction of sp³-hybridized carbons (Fsp3) is 0.292. The number of ether oxygens (including phenoxy) is 1. The highest BCUT2D eigenvalue weighted by atomic mass is 32.2. The molecular formula is C24H26N4O2S. The van der Waals surface area contributed by atoms with Crippen molar-refractivity contribution in [3.05, 3.63) is 76.1 Å². The van der Waals surface area contributed by atoms with Gasteiger partial charge in [-0.05, 0) is 46.9 Å². The molecule has 0 aliphatic heterocycles. The van der Waals surface area contributed by atoms with Gasteiger partial charge in [-0.25, -0.2) is 14.5 Å². The number of nitrogens with one attached hydrogen (secondary N) is 1. The van der Waals surface area contributed by atoms with Gasteiger partial charge in [0.2, 0.25) is 0 Å². The van der Waals surface area contributed by atoms with Gasteiger partial charge < -0.3 is 4.74 Å². The van der Waals surface area contributed by atoms with Crippen LogP contribution in [-0.4, -0.2) is 25.5 Å². The summed E-state index contributed by atoms with van der Waals surface area (Å²) in [6.45, 7) is 8.67. The molecule has 0 bridgehead atoms. The first-order valence-electron chi connectivity index (χ1n) is 10.3. The van der Waals surface area contributed by atoms with Crippen molar-refractivity contribution in [3.63, 3.8) is 0 Å². The van der Waals surface area contributed by atoms with Crippen LogP contribution in [0, 0.1) is 0 Å². The summed E-state index contributed by atoms with van der Waals surface area (Å²) in [4.78, 5) is 21.2. The van der Waals surface area contributed by atoms with Crippen molar-refractivity contribution in [1.82, 2.24) is 19.6 Å². The van der Waals surface area contributed by atoms with Crippen molar-refractivity contribution >= 4 is 17.4 Å². The minimum Gasteiger partial charge on any atom is -0.483 e. The van der Waals surface area contributed by atoms with Crippen molar-refractivity contribution in [2.45, 2.75) is 44.7 Å². The summed E-state index contributed by atoms with van der Waals surface area (Å²) in [6.07, 6.45) is 0.994. The molecule has 0 saturated heterocycles. The highest BCUT2D eigenvalue weighted by Crippen LogP contribution is 2.26.